The summed E-state index contributed by atoms with van der Waals surface area (Å²) in [4.78, 5) is 12.1. The predicted octanol–water partition coefficient (Wildman–Crippen LogP) is 3.41. The van der Waals surface area contributed by atoms with Gasteiger partial charge in [-0.05, 0) is 30.3 Å². The van der Waals surface area contributed by atoms with Crippen molar-refractivity contribution < 1.29 is 4.79 Å². The van der Waals surface area contributed by atoms with Crippen LogP contribution in [0.1, 0.15) is 10.4 Å². The summed E-state index contributed by atoms with van der Waals surface area (Å²) in [5, 5.41) is 3.35. The lowest BCUT2D eigenvalue weighted by Crippen LogP contribution is -2.13. The molecule has 0 heterocycles. The Hall–Kier alpha value is -1.91. The third-order valence-electron chi connectivity index (χ3n) is 2.44. The first kappa shape index (κ1) is 13.5. The highest BCUT2D eigenvalue weighted by molar-refractivity contribution is 6.40. The molecule has 5 N–H and O–H groups in total. The average molecular weight is 296 g/mol. The van der Waals surface area contributed by atoms with E-state index in [1.54, 1.807) is 24.3 Å². The van der Waals surface area contributed by atoms with Crippen molar-refractivity contribution in [2.24, 2.45) is 0 Å². The van der Waals surface area contributed by atoms with Crippen LogP contribution in [0.25, 0.3) is 0 Å². The first-order valence-corrected chi connectivity index (χ1v) is 6.14. The number of amides is 1. The minimum absolute atomic E-state index is 0.341. The Kier molecular flexibility index (Phi) is 3.83. The predicted molar refractivity (Wildman–Crippen MR) is 79.7 cm³/mol. The Morgan fingerprint density at radius 1 is 1.00 bits per heavy atom. The summed E-state index contributed by atoms with van der Waals surface area (Å²) in [5.41, 5.74) is 12.8. The zero-order chi connectivity index (χ0) is 14.0. The van der Waals surface area contributed by atoms with Crippen molar-refractivity contribution in [3.63, 3.8) is 0 Å². The molecule has 2 aromatic rings. The van der Waals surface area contributed by atoms with E-state index in [2.05, 4.69) is 5.32 Å². The lowest BCUT2D eigenvalue weighted by molar-refractivity contribution is 0.102. The molecule has 0 aliphatic rings. The Bertz CT molecular complexity index is 603. The lowest BCUT2D eigenvalue weighted by Gasteiger charge is -2.10. The van der Waals surface area contributed by atoms with Crippen molar-refractivity contribution in [1.82, 2.24) is 0 Å². The van der Waals surface area contributed by atoms with E-state index in [1.807, 2.05) is 0 Å². The van der Waals surface area contributed by atoms with Crippen LogP contribution < -0.4 is 16.8 Å². The Balaban J connectivity index is 2.31. The number of anilines is 3. The number of nitrogen functional groups attached to an aromatic ring is 2. The number of nitrogens with one attached hydrogen (secondary N) is 1. The fourth-order valence-corrected chi connectivity index (χ4v) is 2.10. The van der Waals surface area contributed by atoms with E-state index < -0.39 is 0 Å². The maximum atomic E-state index is 12.1. The van der Waals surface area contributed by atoms with Crippen LogP contribution in [0.3, 0.4) is 0 Å². The molecule has 2 rings (SSSR count). The van der Waals surface area contributed by atoms with E-state index in [0.29, 0.717) is 32.7 Å². The molecule has 0 saturated heterocycles. The molecule has 0 radical (unpaired) electrons. The van der Waals surface area contributed by atoms with Gasteiger partial charge in [0.25, 0.3) is 5.91 Å². The molecule has 0 aromatic heterocycles. The highest BCUT2D eigenvalue weighted by Gasteiger charge is 2.12. The lowest BCUT2D eigenvalue weighted by atomic mass is 10.1. The summed E-state index contributed by atoms with van der Waals surface area (Å²) in [6, 6.07) is 9.58. The molecule has 1 amide bonds. The topological polar surface area (TPSA) is 81.1 Å². The molecule has 0 unspecified atom stereocenters. The molecule has 98 valence electrons. The third-order valence-corrected chi connectivity index (χ3v) is 3.07. The second kappa shape index (κ2) is 5.38. The van der Waals surface area contributed by atoms with E-state index in [4.69, 9.17) is 34.7 Å². The first-order valence-electron chi connectivity index (χ1n) is 5.39. The number of carbonyl (C=O) groups is 1. The van der Waals surface area contributed by atoms with Crippen molar-refractivity contribution in [2.45, 2.75) is 0 Å². The number of hydrogen-bond donors (Lipinski definition) is 3. The number of para-hydroxylation sites is 1. The van der Waals surface area contributed by atoms with Crippen molar-refractivity contribution in [2.75, 3.05) is 16.8 Å². The van der Waals surface area contributed by atoms with Gasteiger partial charge in [-0.3, -0.25) is 4.79 Å². The molecule has 4 nitrogen and oxygen atoms in total. The molecule has 19 heavy (non-hydrogen) atoms. The minimum atomic E-state index is -0.381. The van der Waals surface area contributed by atoms with E-state index >= 15 is 0 Å². The minimum Gasteiger partial charge on any atom is -0.399 e. The van der Waals surface area contributed by atoms with Crippen molar-refractivity contribution in [3.8, 4) is 0 Å². The maximum Gasteiger partial charge on any atom is 0.255 e. The standard InChI is InChI=1S/C13H11Cl2N3O/c14-10-2-1-3-11(15)12(10)18-13(19)7-4-8(16)6-9(17)5-7/h1-6H,16-17H2,(H,18,19). The second-order valence-corrected chi connectivity index (χ2v) is 4.75. The SMILES string of the molecule is Nc1cc(N)cc(C(=O)Nc2c(Cl)cccc2Cl)c1. The van der Waals surface area contributed by atoms with Crippen LogP contribution in [0.5, 0.6) is 0 Å². The fourth-order valence-electron chi connectivity index (χ4n) is 1.61. The van der Waals surface area contributed by atoms with Gasteiger partial charge in [-0.25, -0.2) is 0 Å². The zero-order valence-electron chi connectivity index (χ0n) is 9.78. The molecule has 0 aliphatic carbocycles. The Labute approximate surface area is 120 Å². The summed E-state index contributed by atoms with van der Waals surface area (Å²) in [6.45, 7) is 0. The van der Waals surface area contributed by atoms with E-state index in [1.165, 1.54) is 12.1 Å². The van der Waals surface area contributed by atoms with Crippen LogP contribution in [0, 0.1) is 0 Å². The van der Waals surface area contributed by atoms with Crippen LogP contribution in [0.15, 0.2) is 36.4 Å². The van der Waals surface area contributed by atoms with Gasteiger partial charge in [0, 0.05) is 16.9 Å². The molecule has 0 aliphatic heterocycles. The van der Waals surface area contributed by atoms with E-state index in [9.17, 15) is 4.79 Å². The molecule has 0 spiro atoms. The van der Waals surface area contributed by atoms with Gasteiger partial charge < -0.3 is 16.8 Å². The summed E-state index contributed by atoms with van der Waals surface area (Å²) in [5.74, 6) is -0.381. The molecule has 2 aromatic carbocycles. The van der Waals surface area contributed by atoms with Gasteiger partial charge in [-0.15, -0.1) is 0 Å². The average Bonchev–Trinajstić information content (AvgIpc) is 2.32. The van der Waals surface area contributed by atoms with Crippen LogP contribution in [-0.2, 0) is 0 Å². The molecular weight excluding hydrogens is 285 g/mol. The zero-order valence-corrected chi connectivity index (χ0v) is 11.3. The van der Waals surface area contributed by atoms with Crippen molar-refractivity contribution in [1.29, 1.82) is 0 Å². The molecule has 0 atom stereocenters. The summed E-state index contributed by atoms with van der Waals surface area (Å²) >= 11 is 12.0. The van der Waals surface area contributed by atoms with E-state index in [0.717, 1.165) is 0 Å². The quantitative estimate of drug-likeness (QED) is 0.743. The van der Waals surface area contributed by atoms with Gasteiger partial charge in [0.15, 0.2) is 0 Å². The van der Waals surface area contributed by atoms with Crippen LogP contribution in [0.2, 0.25) is 10.0 Å². The normalized spacial score (nSPS) is 10.2. The maximum absolute atomic E-state index is 12.1. The summed E-state index contributed by atoms with van der Waals surface area (Å²) in [6.07, 6.45) is 0. The largest absolute Gasteiger partial charge is 0.399 e. The molecule has 0 bridgehead atoms. The van der Waals surface area contributed by atoms with Gasteiger partial charge in [0.1, 0.15) is 0 Å². The van der Waals surface area contributed by atoms with Crippen LogP contribution >= 0.6 is 23.2 Å². The third kappa shape index (κ3) is 3.10. The molecular formula is C13H11Cl2N3O. The number of carbonyl (C=O) groups excluding carboxylic acids is 1. The highest BCUT2D eigenvalue weighted by Crippen LogP contribution is 2.30. The van der Waals surface area contributed by atoms with Crippen molar-refractivity contribution in [3.05, 3.63) is 52.0 Å². The smallest absolute Gasteiger partial charge is 0.255 e. The molecule has 0 saturated carbocycles. The molecule has 6 heteroatoms. The van der Waals surface area contributed by atoms with Gasteiger partial charge >= 0.3 is 0 Å². The van der Waals surface area contributed by atoms with Gasteiger partial charge in [0.2, 0.25) is 0 Å². The summed E-state index contributed by atoms with van der Waals surface area (Å²) < 4.78 is 0. The highest BCUT2D eigenvalue weighted by atomic mass is 35.5. The van der Waals surface area contributed by atoms with Crippen LogP contribution in [0.4, 0.5) is 17.1 Å². The number of rotatable bonds is 2. The van der Waals surface area contributed by atoms with Crippen molar-refractivity contribution >= 4 is 46.2 Å². The van der Waals surface area contributed by atoms with Gasteiger partial charge in [0.05, 0.1) is 15.7 Å². The number of hydrogen-bond acceptors (Lipinski definition) is 3. The molecule has 0 fully saturated rings. The van der Waals surface area contributed by atoms with Crippen LogP contribution in [-0.4, -0.2) is 5.91 Å². The number of halogens is 2. The van der Waals surface area contributed by atoms with E-state index in [-0.39, 0.29) is 5.91 Å². The van der Waals surface area contributed by atoms with Gasteiger partial charge in [-0.1, -0.05) is 29.3 Å². The summed E-state index contributed by atoms with van der Waals surface area (Å²) in [7, 11) is 0. The number of benzene rings is 2. The fraction of sp³-hybridized carbons (Fsp3) is 0. The second-order valence-electron chi connectivity index (χ2n) is 3.94. The monoisotopic (exact) mass is 295 g/mol. The Morgan fingerprint density at radius 3 is 2.05 bits per heavy atom. The van der Waals surface area contributed by atoms with Gasteiger partial charge in [-0.2, -0.15) is 0 Å². The first-order chi connectivity index (χ1) is 8.97. The Morgan fingerprint density at radius 2 is 1.53 bits per heavy atom. The number of nitrogens with two attached hydrogens (primary N) is 2.